The largest absolute Gasteiger partial charge is 0.385 e. The van der Waals surface area contributed by atoms with Crippen molar-refractivity contribution in [1.29, 1.82) is 0 Å². The van der Waals surface area contributed by atoms with Gasteiger partial charge in [0.2, 0.25) is 5.91 Å². The first-order chi connectivity index (χ1) is 11.0. The molecule has 4 nitrogen and oxygen atoms in total. The van der Waals surface area contributed by atoms with Crippen LogP contribution < -0.4 is 16.4 Å². The summed E-state index contributed by atoms with van der Waals surface area (Å²) in [4.78, 5) is 11.4. The Labute approximate surface area is 135 Å². The van der Waals surface area contributed by atoms with Gasteiger partial charge in [-0.1, -0.05) is 24.3 Å². The molecule has 1 atom stereocenters. The van der Waals surface area contributed by atoms with E-state index in [4.69, 9.17) is 5.73 Å². The molecule has 0 aromatic heterocycles. The van der Waals surface area contributed by atoms with E-state index >= 15 is 0 Å². The molecule has 0 aliphatic rings. The summed E-state index contributed by atoms with van der Waals surface area (Å²) < 4.78 is 13.1. The maximum Gasteiger partial charge on any atom is 0.236 e. The summed E-state index contributed by atoms with van der Waals surface area (Å²) in [5.41, 5.74) is 8.45. The van der Waals surface area contributed by atoms with Crippen LogP contribution in [-0.4, -0.2) is 18.5 Å². The first-order valence-electron chi connectivity index (χ1n) is 7.65. The summed E-state index contributed by atoms with van der Waals surface area (Å²) in [5, 5.41) is 6.06. The third-order valence-electron chi connectivity index (χ3n) is 3.47. The number of carbonyl (C=O) groups is 1. The topological polar surface area (TPSA) is 67.2 Å². The Balaban J connectivity index is 1.77. The van der Waals surface area contributed by atoms with Gasteiger partial charge in [-0.25, -0.2) is 4.39 Å². The molecule has 122 valence electrons. The number of hydrogen-bond donors (Lipinski definition) is 3. The average Bonchev–Trinajstić information content (AvgIpc) is 2.54. The van der Waals surface area contributed by atoms with Gasteiger partial charge in [0.25, 0.3) is 0 Å². The lowest BCUT2D eigenvalue weighted by atomic mass is 10.1. The molecular weight excluding hydrogens is 293 g/mol. The summed E-state index contributed by atoms with van der Waals surface area (Å²) in [6, 6.07) is 13.9. The Kier molecular flexibility index (Phi) is 6.11. The monoisotopic (exact) mass is 315 g/mol. The first kappa shape index (κ1) is 17.0. The molecule has 23 heavy (non-hydrogen) atoms. The van der Waals surface area contributed by atoms with Crippen molar-refractivity contribution in [3.63, 3.8) is 0 Å². The third-order valence-corrected chi connectivity index (χ3v) is 3.47. The van der Waals surface area contributed by atoms with E-state index in [9.17, 15) is 9.18 Å². The highest BCUT2D eigenvalue weighted by Gasteiger charge is 2.05. The predicted octanol–water partition coefficient (Wildman–Crippen LogP) is 2.44. The molecule has 2 rings (SSSR count). The highest BCUT2D eigenvalue weighted by atomic mass is 19.1. The summed E-state index contributed by atoms with van der Waals surface area (Å²) >= 11 is 0. The molecule has 2 aromatic carbocycles. The van der Waals surface area contributed by atoms with Crippen LogP contribution in [0.2, 0.25) is 0 Å². The minimum absolute atomic E-state index is 0.165. The van der Waals surface area contributed by atoms with Crippen LogP contribution in [0.4, 0.5) is 10.1 Å². The van der Waals surface area contributed by atoms with Crippen LogP contribution in [0.15, 0.2) is 48.5 Å². The van der Waals surface area contributed by atoms with Crippen LogP contribution in [0.3, 0.4) is 0 Å². The summed E-state index contributed by atoms with van der Waals surface area (Å²) in [6.07, 6.45) is 0.754. The molecule has 1 unspecified atom stereocenters. The number of nitrogens with two attached hydrogens (primary N) is 1. The molecule has 0 aliphatic carbocycles. The van der Waals surface area contributed by atoms with Crippen molar-refractivity contribution in [1.82, 2.24) is 5.32 Å². The lowest BCUT2D eigenvalue weighted by Crippen LogP contribution is -2.37. The molecule has 0 saturated carbocycles. The lowest BCUT2D eigenvalue weighted by Gasteiger charge is -2.10. The maximum atomic E-state index is 13.1. The van der Waals surface area contributed by atoms with Crippen LogP contribution in [-0.2, 0) is 17.8 Å². The number of amides is 1. The van der Waals surface area contributed by atoms with Crippen molar-refractivity contribution in [3.8, 4) is 0 Å². The van der Waals surface area contributed by atoms with E-state index in [0.717, 1.165) is 29.8 Å². The molecule has 0 heterocycles. The molecule has 4 N–H and O–H groups in total. The van der Waals surface area contributed by atoms with Crippen molar-refractivity contribution in [2.24, 2.45) is 5.73 Å². The fraction of sp³-hybridized carbons (Fsp3) is 0.278. The van der Waals surface area contributed by atoms with E-state index in [-0.39, 0.29) is 11.7 Å². The molecule has 0 spiro atoms. The number of halogens is 1. The maximum absolute atomic E-state index is 13.1. The Morgan fingerprint density at radius 2 is 1.91 bits per heavy atom. The molecule has 0 radical (unpaired) electrons. The van der Waals surface area contributed by atoms with Crippen LogP contribution in [0.1, 0.15) is 18.1 Å². The van der Waals surface area contributed by atoms with Gasteiger partial charge in [0.1, 0.15) is 5.82 Å². The molecular formula is C18H22FN3O. The zero-order valence-corrected chi connectivity index (χ0v) is 13.2. The van der Waals surface area contributed by atoms with Crippen LogP contribution >= 0.6 is 0 Å². The second kappa shape index (κ2) is 8.29. The molecule has 0 aliphatic heterocycles. The second-order valence-electron chi connectivity index (χ2n) is 5.51. The number of benzene rings is 2. The molecule has 0 saturated heterocycles. The van der Waals surface area contributed by atoms with Crippen LogP contribution in [0, 0.1) is 5.82 Å². The van der Waals surface area contributed by atoms with Crippen molar-refractivity contribution < 1.29 is 9.18 Å². The zero-order valence-electron chi connectivity index (χ0n) is 13.2. The van der Waals surface area contributed by atoms with Gasteiger partial charge in [-0.15, -0.1) is 0 Å². The Morgan fingerprint density at radius 3 is 2.57 bits per heavy atom. The summed E-state index contributed by atoms with van der Waals surface area (Å²) in [6.45, 7) is 2.84. The number of nitrogens with one attached hydrogen (secondary N) is 2. The van der Waals surface area contributed by atoms with Gasteiger partial charge in [-0.2, -0.15) is 0 Å². The number of rotatable bonds is 7. The Hall–Kier alpha value is -2.40. The molecule has 0 bridgehead atoms. The highest BCUT2D eigenvalue weighted by molar-refractivity contribution is 5.80. The van der Waals surface area contributed by atoms with Gasteiger partial charge in [0.15, 0.2) is 0 Å². The normalized spacial score (nSPS) is 11.8. The van der Waals surface area contributed by atoms with Crippen molar-refractivity contribution in [2.45, 2.75) is 25.9 Å². The zero-order chi connectivity index (χ0) is 16.7. The Morgan fingerprint density at radius 1 is 1.17 bits per heavy atom. The Bertz CT molecular complexity index is 641. The van der Waals surface area contributed by atoms with E-state index < -0.39 is 6.04 Å². The van der Waals surface area contributed by atoms with Gasteiger partial charge in [0.05, 0.1) is 6.04 Å². The molecule has 5 heteroatoms. The SMILES string of the molecule is CC(N)C(=O)NCc1ccc(NCCc2cccc(F)c2)cc1. The smallest absolute Gasteiger partial charge is 0.236 e. The fourth-order valence-corrected chi connectivity index (χ4v) is 2.13. The van der Waals surface area contributed by atoms with Gasteiger partial charge in [-0.05, 0) is 48.7 Å². The summed E-state index contributed by atoms with van der Waals surface area (Å²) in [7, 11) is 0. The van der Waals surface area contributed by atoms with Gasteiger partial charge >= 0.3 is 0 Å². The van der Waals surface area contributed by atoms with Crippen molar-refractivity contribution in [3.05, 3.63) is 65.5 Å². The summed E-state index contributed by atoms with van der Waals surface area (Å²) in [5.74, 6) is -0.372. The van der Waals surface area contributed by atoms with Crippen molar-refractivity contribution in [2.75, 3.05) is 11.9 Å². The van der Waals surface area contributed by atoms with E-state index in [1.807, 2.05) is 30.3 Å². The molecule has 0 fully saturated rings. The standard InChI is InChI=1S/C18H22FN3O/c1-13(20)18(23)22-12-15-5-7-17(8-6-15)21-10-9-14-3-2-4-16(19)11-14/h2-8,11,13,21H,9-10,12,20H2,1H3,(H,22,23). The lowest BCUT2D eigenvalue weighted by molar-refractivity contribution is -0.122. The molecule has 2 aromatic rings. The third kappa shape index (κ3) is 5.71. The first-order valence-corrected chi connectivity index (χ1v) is 7.65. The van der Waals surface area contributed by atoms with Gasteiger partial charge in [-0.3, -0.25) is 4.79 Å². The second-order valence-corrected chi connectivity index (χ2v) is 5.51. The average molecular weight is 315 g/mol. The van der Waals surface area contributed by atoms with E-state index in [2.05, 4.69) is 10.6 Å². The van der Waals surface area contributed by atoms with Crippen molar-refractivity contribution >= 4 is 11.6 Å². The molecule has 1 amide bonds. The number of anilines is 1. The van der Waals surface area contributed by atoms with Crippen LogP contribution in [0.25, 0.3) is 0 Å². The van der Waals surface area contributed by atoms with Crippen LogP contribution in [0.5, 0.6) is 0 Å². The van der Waals surface area contributed by atoms with Gasteiger partial charge < -0.3 is 16.4 Å². The number of hydrogen-bond acceptors (Lipinski definition) is 3. The minimum atomic E-state index is -0.501. The van der Waals surface area contributed by atoms with Gasteiger partial charge in [0, 0.05) is 18.8 Å². The quantitative estimate of drug-likeness (QED) is 0.735. The van der Waals surface area contributed by atoms with E-state index in [0.29, 0.717) is 6.54 Å². The van der Waals surface area contributed by atoms with E-state index in [1.165, 1.54) is 6.07 Å². The minimum Gasteiger partial charge on any atom is -0.385 e. The van der Waals surface area contributed by atoms with E-state index in [1.54, 1.807) is 19.1 Å². The fourth-order valence-electron chi connectivity index (χ4n) is 2.13. The highest BCUT2D eigenvalue weighted by Crippen LogP contribution is 2.10. The number of carbonyl (C=O) groups excluding carboxylic acids is 1. The predicted molar refractivity (Wildman–Crippen MR) is 90.5 cm³/mol.